The average Bonchev–Trinajstić information content (AvgIpc) is 2.79. The molecular weight excluding hydrogens is 294 g/mol. The molecule has 2 N–H and O–H groups in total. The Labute approximate surface area is 125 Å². The number of carboxylic acid groups (broad SMARTS) is 1. The fourth-order valence-corrected chi connectivity index (χ4v) is 2.50. The third kappa shape index (κ3) is 4.32. The summed E-state index contributed by atoms with van der Waals surface area (Å²) in [6.45, 7) is 0. The van der Waals surface area contributed by atoms with Crippen molar-refractivity contribution in [1.29, 1.82) is 0 Å². The van der Waals surface area contributed by atoms with E-state index in [4.69, 9.17) is 9.84 Å². The molecule has 0 spiro atoms. The molecule has 1 saturated heterocycles. The van der Waals surface area contributed by atoms with Crippen LogP contribution in [0, 0.1) is 0 Å². The molecule has 110 valence electrons. The Morgan fingerprint density at radius 2 is 2.19 bits per heavy atom. The van der Waals surface area contributed by atoms with Gasteiger partial charge in [0.15, 0.2) is 5.17 Å². The predicted molar refractivity (Wildman–Crippen MR) is 79.8 cm³/mol. The lowest BCUT2D eigenvalue weighted by atomic mass is 10.2. The smallest absolute Gasteiger partial charge is 0.305 e. The van der Waals surface area contributed by atoms with Gasteiger partial charge in [-0.25, -0.2) is 0 Å². The first-order chi connectivity index (χ1) is 10.1. The van der Waals surface area contributed by atoms with E-state index in [2.05, 4.69) is 15.5 Å². The van der Waals surface area contributed by atoms with Crippen molar-refractivity contribution in [3.8, 4) is 5.75 Å². The van der Waals surface area contributed by atoms with Crippen LogP contribution in [0.1, 0.15) is 12.0 Å². The molecule has 0 unspecified atom stereocenters. The standard InChI is InChI=1S/C13H13N3O4S/c1-20-9-4-2-8(3-5-9)7-14-16-13-15-12(19)10(21-13)6-11(17)18/h2-5,7,10H,6H2,1H3,(H,17,18)(H,15,16,19)/t10-/m1/s1. The van der Waals surface area contributed by atoms with Crippen molar-refractivity contribution in [2.75, 3.05) is 7.11 Å². The average molecular weight is 307 g/mol. The largest absolute Gasteiger partial charge is 0.497 e. The van der Waals surface area contributed by atoms with Crippen LogP contribution in [0.5, 0.6) is 5.75 Å². The number of ether oxygens (including phenoxy) is 1. The van der Waals surface area contributed by atoms with Crippen LogP contribution in [0.3, 0.4) is 0 Å². The molecule has 2 rings (SSSR count). The van der Waals surface area contributed by atoms with Gasteiger partial charge in [-0.1, -0.05) is 11.8 Å². The summed E-state index contributed by atoms with van der Waals surface area (Å²) in [6.07, 6.45) is 1.29. The van der Waals surface area contributed by atoms with Crippen LogP contribution in [0.2, 0.25) is 0 Å². The lowest BCUT2D eigenvalue weighted by molar-refractivity contribution is -0.138. The maximum atomic E-state index is 11.5. The lowest BCUT2D eigenvalue weighted by Gasteiger charge is -1.98. The van der Waals surface area contributed by atoms with Crippen LogP contribution in [0.4, 0.5) is 0 Å². The first kappa shape index (κ1) is 15.0. The van der Waals surface area contributed by atoms with E-state index in [0.29, 0.717) is 5.17 Å². The van der Waals surface area contributed by atoms with Crippen molar-refractivity contribution in [2.45, 2.75) is 11.7 Å². The number of nitrogens with one attached hydrogen (secondary N) is 1. The number of methoxy groups -OCH3 is 1. The molecule has 1 aliphatic heterocycles. The molecule has 1 atom stereocenters. The Balaban J connectivity index is 1.96. The molecular formula is C13H13N3O4S. The summed E-state index contributed by atoms with van der Waals surface area (Å²) in [5.74, 6) is -0.639. The van der Waals surface area contributed by atoms with Gasteiger partial charge in [-0.05, 0) is 29.8 Å². The molecule has 0 aromatic heterocycles. The third-order valence-electron chi connectivity index (χ3n) is 2.61. The van der Waals surface area contributed by atoms with Crippen LogP contribution >= 0.6 is 11.8 Å². The Kier molecular flexibility index (Phi) is 4.94. The summed E-state index contributed by atoms with van der Waals surface area (Å²) in [6, 6.07) is 7.22. The Morgan fingerprint density at radius 1 is 1.48 bits per heavy atom. The van der Waals surface area contributed by atoms with Crippen LogP contribution in [0.15, 0.2) is 34.5 Å². The van der Waals surface area contributed by atoms with Crippen LogP contribution in [-0.4, -0.2) is 40.7 Å². The summed E-state index contributed by atoms with van der Waals surface area (Å²) < 4.78 is 5.04. The molecule has 1 amide bonds. The monoisotopic (exact) mass is 307 g/mol. The van der Waals surface area contributed by atoms with Crippen molar-refractivity contribution in [3.05, 3.63) is 29.8 Å². The van der Waals surface area contributed by atoms with Crippen molar-refractivity contribution in [2.24, 2.45) is 10.2 Å². The van der Waals surface area contributed by atoms with Gasteiger partial charge < -0.3 is 15.2 Å². The number of carbonyl (C=O) groups is 2. The molecule has 0 bridgehead atoms. The number of aliphatic carboxylic acids is 1. The topological polar surface area (TPSA) is 100 Å². The normalized spacial score (nSPS) is 20.0. The van der Waals surface area contributed by atoms with Crippen LogP contribution in [0.25, 0.3) is 0 Å². The van der Waals surface area contributed by atoms with E-state index in [9.17, 15) is 9.59 Å². The first-order valence-electron chi connectivity index (χ1n) is 6.03. The Bertz CT molecular complexity index is 598. The minimum absolute atomic E-state index is 0.238. The van der Waals surface area contributed by atoms with Gasteiger partial charge in [-0.15, -0.1) is 5.10 Å². The van der Waals surface area contributed by atoms with E-state index >= 15 is 0 Å². The summed E-state index contributed by atoms with van der Waals surface area (Å²) >= 11 is 1.06. The zero-order chi connectivity index (χ0) is 15.2. The number of nitrogens with zero attached hydrogens (tertiary/aromatic N) is 2. The Hall–Kier alpha value is -2.35. The highest BCUT2D eigenvalue weighted by atomic mass is 32.2. The van der Waals surface area contributed by atoms with Gasteiger partial charge in [0.2, 0.25) is 5.91 Å². The predicted octanol–water partition coefficient (Wildman–Crippen LogP) is 1.09. The minimum Gasteiger partial charge on any atom is -0.497 e. The van der Waals surface area contributed by atoms with Gasteiger partial charge in [-0.2, -0.15) is 5.10 Å². The lowest BCUT2D eigenvalue weighted by Crippen LogP contribution is -2.26. The highest BCUT2D eigenvalue weighted by molar-refractivity contribution is 8.15. The maximum absolute atomic E-state index is 11.5. The molecule has 21 heavy (non-hydrogen) atoms. The van der Waals surface area contributed by atoms with E-state index in [0.717, 1.165) is 23.1 Å². The van der Waals surface area contributed by atoms with Gasteiger partial charge in [-0.3, -0.25) is 9.59 Å². The highest BCUT2D eigenvalue weighted by Crippen LogP contribution is 2.22. The summed E-state index contributed by atoms with van der Waals surface area (Å²) in [4.78, 5) is 22.1. The number of benzene rings is 1. The molecule has 1 fully saturated rings. The third-order valence-corrected chi connectivity index (χ3v) is 3.68. The zero-order valence-corrected chi connectivity index (χ0v) is 12.0. The minimum atomic E-state index is -1.02. The number of rotatable bonds is 5. The summed E-state index contributed by atoms with van der Waals surface area (Å²) in [5.41, 5.74) is 0.830. The van der Waals surface area contributed by atoms with Gasteiger partial charge in [0.25, 0.3) is 0 Å². The molecule has 1 heterocycles. The van der Waals surface area contributed by atoms with Gasteiger partial charge in [0.1, 0.15) is 11.0 Å². The number of carboxylic acids is 1. The molecule has 8 heteroatoms. The van der Waals surface area contributed by atoms with Gasteiger partial charge in [0.05, 0.1) is 19.7 Å². The quantitative estimate of drug-likeness (QED) is 0.626. The van der Waals surface area contributed by atoms with Gasteiger partial charge >= 0.3 is 5.97 Å². The second kappa shape index (κ2) is 6.89. The molecule has 1 aromatic carbocycles. The summed E-state index contributed by atoms with van der Waals surface area (Å²) in [5, 5.41) is 18.5. The number of amides is 1. The van der Waals surface area contributed by atoms with Crippen molar-refractivity contribution in [3.63, 3.8) is 0 Å². The number of hydrogen-bond donors (Lipinski definition) is 2. The van der Waals surface area contributed by atoms with Crippen molar-refractivity contribution in [1.82, 2.24) is 5.32 Å². The molecule has 1 aromatic rings. The van der Waals surface area contributed by atoms with E-state index in [1.54, 1.807) is 19.2 Å². The SMILES string of the molecule is COc1ccc(C=NN=C2NC(=O)[C@@H](CC(=O)O)S2)cc1. The van der Waals surface area contributed by atoms with Crippen molar-refractivity contribution < 1.29 is 19.4 Å². The van der Waals surface area contributed by atoms with Crippen LogP contribution < -0.4 is 10.1 Å². The molecule has 0 radical (unpaired) electrons. The molecule has 1 aliphatic rings. The van der Waals surface area contributed by atoms with E-state index in [1.807, 2.05) is 12.1 Å². The fraction of sp³-hybridized carbons (Fsp3) is 0.231. The molecule has 7 nitrogen and oxygen atoms in total. The van der Waals surface area contributed by atoms with Gasteiger partial charge in [0, 0.05) is 0 Å². The number of thioether (sulfide) groups is 1. The fourth-order valence-electron chi connectivity index (χ4n) is 1.58. The maximum Gasteiger partial charge on any atom is 0.305 e. The van der Waals surface area contributed by atoms with E-state index in [-0.39, 0.29) is 12.3 Å². The summed E-state index contributed by atoms with van der Waals surface area (Å²) in [7, 11) is 1.59. The molecule has 0 saturated carbocycles. The van der Waals surface area contributed by atoms with E-state index in [1.165, 1.54) is 6.21 Å². The number of amidine groups is 1. The second-order valence-corrected chi connectivity index (χ2v) is 5.31. The number of hydrogen-bond acceptors (Lipinski definition) is 6. The molecule has 0 aliphatic carbocycles. The van der Waals surface area contributed by atoms with Crippen molar-refractivity contribution >= 4 is 35.0 Å². The van der Waals surface area contributed by atoms with Crippen LogP contribution in [-0.2, 0) is 9.59 Å². The second-order valence-electron chi connectivity index (χ2n) is 4.12. The zero-order valence-electron chi connectivity index (χ0n) is 11.1. The number of carbonyl (C=O) groups excluding carboxylic acids is 1. The highest BCUT2D eigenvalue weighted by Gasteiger charge is 2.32. The first-order valence-corrected chi connectivity index (χ1v) is 6.91. The Morgan fingerprint density at radius 3 is 2.81 bits per heavy atom. The van der Waals surface area contributed by atoms with E-state index < -0.39 is 11.2 Å².